The van der Waals surface area contributed by atoms with E-state index in [9.17, 15) is 9.59 Å². The van der Waals surface area contributed by atoms with E-state index in [1.54, 1.807) is 41.5 Å². The Morgan fingerprint density at radius 1 is 1.26 bits per heavy atom. The highest BCUT2D eigenvalue weighted by Crippen LogP contribution is 2.32. The van der Waals surface area contributed by atoms with E-state index in [1.165, 1.54) is 0 Å². The third-order valence-corrected chi connectivity index (χ3v) is 4.19. The van der Waals surface area contributed by atoms with Gasteiger partial charge < -0.3 is 19.7 Å². The van der Waals surface area contributed by atoms with Gasteiger partial charge in [-0.25, -0.2) is 0 Å². The first kappa shape index (κ1) is 15.4. The van der Waals surface area contributed by atoms with Crippen LogP contribution >= 0.6 is 11.3 Å². The normalized spacial score (nSPS) is 12.0. The van der Waals surface area contributed by atoms with Gasteiger partial charge in [0.25, 0.3) is 5.91 Å². The van der Waals surface area contributed by atoms with Crippen molar-refractivity contribution in [3.8, 4) is 11.5 Å². The molecule has 0 spiro atoms. The molecule has 1 aromatic heterocycles. The van der Waals surface area contributed by atoms with Gasteiger partial charge in [-0.2, -0.15) is 11.3 Å². The standard InChI is InChI=1S/C16H16N2O4S/c1-18(8-11-4-5-23-9-11)15(19)7-17-16(20)12-2-3-13-14(6-12)22-10-21-13/h2-6,9H,7-8,10H2,1H3,(H,17,20). The molecule has 1 N–H and O–H groups in total. The predicted molar refractivity (Wildman–Crippen MR) is 85.7 cm³/mol. The fraction of sp³-hybridized carbons (Fsp3) is 0.250. The number of thiophene rings is 1. The minimum atomic E-state index is -0.319. The van der Waals surface area contributed by atoms with Crippen LogP contribution in [-0.2, 0) is 11.3 Å². The van der Waals surface area contributed by atoms with Gasteiger partial charge in [-0.15, -0.1) is 0 Å². The molecule has 1 aliphatic heterocycles. The number of amides is 2. The Hall–Kier alpha value is -2.54. The number of nitrogens with zero attached hydrogens (tertiary/aromatic N) is 1. The van der Waals surface area contributed by atoms with Crippen molar-refractivity contribution in [1.82, 2.24) is 10.2 Å². The maximum Gasteiger partial charge on any atom is 0.251 e. The largest absolute Gasteiger partial charge is 0.454 e. The van der Waals surface area contributed by atoms with Gasteiger partial charge in [-0.3, -0.25) is 9.59 Å². The Balaban J connectivity index is 1.53. The summed E-state index contributed by atoms with van der Waals surface area (Å²) in [5, 5.41) is 6.59. The fourth-order valence-corrected chi connectivity index (χ4v) is 2.84. The smallest absolute Gasteiger partial charge is 0.251 e. The van der Waals surface area contributed by atoms with Gasteiger partial charge >= 0.3 is 0 Å². The van der Waals surface area contributed by atoms with Gasteiger partial charge in [-0.05, 0) is 40.6 Å². The minimum absolute atomic E-state index is 0.0477. The van der Waals surface area contributed by atoms with Gasteiger partial charge in [0.05, 0.1) is 6.54 Å². The van der Waals surface area contributed by atoms with E-state index in [0.29, 0.717) is 23.6 Å². The average molecular weight is 332 g/mol. The van der Waals surface area contributed by atoms with E-state index >= 15 is 0 Å². The van der Waals surface area contributed by atoms with E-state index in [-0.39, 0.29) is 25.2 Å². The van der Waals surface area contributed by atoms with Crippen molar-refractivity contribution < 1.29 is 19.1 Å². The number of hydrogen-bond donors (Lipinski definition) is 1. The van der Waals surface area contributed by atoms with Gasteiger partial charge in [0.15, 0.2) is 11.5 Å². The van der Waals surface area contributed by atoms with E-state index in [0.717, 1.165) is 5.56 Å². The monoisotopic (exact) mass is 332 g/mol. The molecule has 0 saturated carbocycles. The lowest BCUT2D eigenvalue weighted by molar-refractivity contribution is -0.129. The molecule has 23 heavy (non-hydrogen) atoms. The maximum atomic E-state index is 12.1. The molecule has 0 radical (unpaired) electrons. The third kappa shape index (κ3) is 3.62. The van der Waals surface area contributed by atoms with Gasteiger partial charge in [0.1, 0.15) is 0 Å². The molecule has 0 unspecified atom stereocenters. The van der Waals surface area contributed by atoms with Crippen LogP contribution in [0.5, 0.6) is 11.5 Å². The third-order valence-electron chi connectivity index (χ3n) is 3.46. The molecule has 7 heteroatoms. The molecule has 0 atom stereocenters. The van der Waals surface area contributed by atoms with E-state index < -0.39 is 0 Å². The zero-order chi connectivity index (χ0) is 16.2. The topological polar surface area (TPSA) is 67.9 Å². The van der Waals surface area contributed by atoms with Crippen LogP contribution in [0.2, 0.25) is 0 Å². The molecule has 0 bridgehead atoms. The zero-order valence-corrected chi connectivity index (χ0v) is 13.4. The maximum absolute atomic E-state index is 12.1. The van der Waals surface area contributed by atoms with Crippen LogP contribution in [0.4, 0.5) is 0 Å². The summed E-state index contributed by atoms with van der Waals surface area (Å²) in [5.41, 5.74) is 1.51. The van der Waals surface area contributed by atoms with Crippen molar-refractivity contribution in [2.75, 3.05) is 20.4 Å². The Morgan fingerprint density at radius 2 is 2.09 bits per heavy atom. The molecule has 0 saturated heterocycles. The first-order valence-electron chi connectivity index (χ1n) is 7.06. The number of hydrogen-bond acceptors (Lipinski definition) is 5. The van der Waals surface area contributed by atoms with Crippen molar-refractivity contribution in [2.45, 2.75) is 6.54 Å². The zero-order valence-electron chi connectivity index (χ0n) is 12.6. The second-order valence-corrected chi connectivity index (χ2v) is 5.91. The summed E-state index contributed by atoms with van der Waals surface area (Å²) >= 11 is 1.59. The quantitative estimate of drug-likeness (QED) is 0.907. The van der Waals surface area contributed by atoms with Crippen molar-refractivity contribution in [1.29, 1.82) is 0 Å². The fourth-order valence-electron chi connectivity index (χ4n) is 2.18. The average Bonchev–Trinajstić information content (AvgIpc) is 3.22. The second-order valence-electron chi connectivity index (χ2n) is 5.13. The lowest BCUT2D eigenvalue weighted by atomic mass is 10.2. The lowest BCUT2D eigenvalue weighted by Crippen LogP contribution is -2.37. The van der Waals surface area contributed by atoms with Gasteiger partial charge in [-0.1, -0.05) is 0 Å². The Kier molecular flexibility index (Phi) is 4.47. The van der Waals surface area contributed by atoms with Crippen LogP contribution in [0.1, 0.15) is 15.9 Å². The minimum Gasteiger partial charge on any atom is -0.454 e. The highest BCUT2D eigenvalue weighted by atomic mass is 32.1. The molecule has 6 nitrogen and oxygen atoms in total. The van der Waals surface area contributed by atoms with Crippen LogP contribution < -0.4 is 14.8 Å². The van der Waals surface area contributed by atoms with Crippen molar-refractivity contribution >= 4 is 23.2 Å². The van der Waals surface area contributed by atoms with E-state index in [1.807, 2.05) is 16.8 Å². The van der Waals surface area contributed by atoms with Crippen molar-refractivity contribution in [3.05, 3.63) is 46.2 Å². The molecule has 1 aromatic carbocycles. The van der Waals surface area contributed by atoms with Crippen molar-refractivity contribution in [2.24, 2.45) is 0 Å². The molecule has 2 heterocycles. The molecule has 3 rings (SSSR count). The summed E-state index contributed by atoms with van der Waals surface area (Å²) in [4.78, 5) is 25.8. The summed E-state index contributed by atoms with van der Waals surface area (Å²) in [6.45, 7) is 0.641. The highest BCUT2D eigenvalue weighted by Gasteiger charge is 2.17. The molecule has 0 fully saturated rings. The molecular weight excluding hydrogens is 316 g/mol. The highest BCUT2D eigenvalue weighted by molar-refractivity contribution is 7.07. The number of carbonyl (C=O) groups is 2. The number of benzene rings is 1. The van der Waals surface area contributed by atoms with Crippen LogP contribution in [-0.4, -0.2) is 37.1 Å². The summed E-state index contributed by atoms with van der Waals surface area (Å²) in [6, 6.07) is 6.90. The summed E-state index contributed by atoms with van der Waals surface area (Å²) in [5.74, 6) is 0.692. The Bertz CT molecular complexity index is 715. The van der Waals surface area contributed by atoms with Crippen LogP contribution in [0.25, 0.3) is 0 Å². The van der Waals surface area contributed by atoms with E-state index in [2.05, 4.69) is 5.32 Å². The molecule has 1 aliphatic rings. The molecular formula is C16H16N2O4S. The molecule has 120 valence electrons. The van der Waals surface area contributed by atoms with Crippen molar-refractivity contribution in [3.63, 3.8) is 0 Å². The van der Waals surface area contributed by atoms with Gasteiger partial charge in [0.2, 0.25) is 12.7 Å². The lowest BCUT2D eigenvalue weighted by Gasteiger charge is -2.16. The number of nitrogens with one attached hydrogen (secondary N) is 1. The SMILES string of the molecule is CN(Cc1ccsc1)C(=O)CNC(=O)c1ccc2c(c1)OCO2. The van der Waals surface area contributed by atoms with Crippen LogP contribution in [0.15, 0.2) is 35.0 Å². The summed E-state index contributed by atoms with van der Waals surface area (Å²) in [7, 11) is 1.72. The predicted octanol–water partition coefficient (Wildman–Crippen LogP) is 1.87. The first-order valence-corrected chi connectivity index (χ1v) is 8.00. The number of fused-ring (bicyclic) bond motifs is 1. The molecule has 2 amide bonds. The summed E-state index contributed by atoms with van der Waals surface area (Å²) in [6.07, 6.45) is 0. The van der Waals surface area contributed by atoms with Gasteiger partial charge in [0, 0.05) is 19.2 Å². The molecule has 0 aliphatic carbocycles. The number of rotatable bonds is 5. The van der Waals surface area contributed by atoms with Crippen LogP contribution in [0, 0.1) is 0 Å². The van der Waals surface area contributed by atoms with Crippen LogP contribution in [0.3, 0.4) is 0 Å². The van der Waals surface area contributed by atoms with E-state index in [4.69, 9.17) is 9.47 Å². The number of carbonyl (C=O) groups excluding carboxylic acids is 2. The first-order chi connectivity index (χ1) is 11.1. The summed E-state index contributed by atoms with van der Waals surface area (Å²) < 4.78 is 10.4. The number of likely N-dealkylation sites (N-methyl/N-ethyl adjacent to an activating group) is 1. The Morgan fingerprint density at radius 3 is 2.87 bits per heavy atom. The number of ether oxygens (including phenoxy) is 2. The second kappa shape index (κ2) is 6.70. The molecule has 2 aromatic rings. The Labute approximate surface area is 137 Å².